The second-order valence-electron chi connectivity index (χ2n) is 5.95. The van der Waals surface area contributed by atoms with Crippen LogP contribution in [0, 0.1) is 5.41 Å². The zero-order chi connectivity index (χ0) is 20.5. The molecule has 0 amide bonds. The molecule has 3 rings (SSSR count). The van der Waals surface area contributed by atoms with E-state index >= 15 is 0 Å². The van der Waals surface area contributed by atoms with Crippen molar-refractivity contribution in [2.75, 3.05) is 18.6 Å². The Bertz CT molecular complexity index is 969. The summed E-state index contributed by atoms with van der Waals surface area (Å²) in [7, 11) is 1.36. The smallest absolute Gasteiger partial charge is 0.437 e. The number of rotatable bonds is 4. The normalized spacial score (nSPS) is 15.9. The number of nitrogen functional groups attached to an aromatic ring is 2. The molecule has 146 valence electrons. The molecule has 1 aliphatic heterocycles. The molecule has 0 radical (unpaired) electrons. The molecule has 10 heteroatoms. The molecule has 2 aromatic carbocycles. The Morgan fingerprint density at radius 2 is 1.82 bits per heavy atom. The van der Waals surface area contributed by atoms with Crippen LogP contribution in [0.5, 0.6) is 5.75 Å². The molecule has 0 atom stereocenters. The minimum atomic E-state index is -4.79. The Hall–Kier alpha value is -3.56. The molecule has 0 aliphatic carbocycles. The zero-order valence-electron chi connectivity index (χ0n) is 14.8. The summed E-state index contributed by atoms with van der Waals surface area (Å²) in [4.78, 5) is 3.97. The Balaban J connectivity index is 2.03. The second-order valence-corrected chi connectivity index (χ2v) is 5.95. The standard InChI is InChI=1S/C18H17F3N6O/c1-28-14-8-13(11(22)7-12(14)23)25-15-16(18(19,20)21)26-27(17(15)24)9-10-5-3-2-4-6-10/h2-8,24H,9,22-23H2,1H3. The maximum atomic E-state index is 13.5. The molecule has 0 bridgehead atoms. The molecule has 7 nitrogen and oxygen atoms in total. The van der Waals surface area contributed by atoms with Crippen LogP contribution < -0.4 is 16.2 Å². The van der Waals surface area contributed by atoms with Gasteiger partial charge < -0.3 is 16.2 Å². The third-order valence-electron chi connectivity index (χ3n) is 3.98. The first kappa shape index (κ1) is 19.2. The number of nitrogens with one attached hydrogen (secondary N) is 1. The zero-order valence-corrected chi connectivity index (χ0v) is 14.8. The lowest BCUT2D eigenvalue weighted by Gasteiger charge is -2.13. The summed E-state index contributed by atoms with van der Waals surface area (Å²) in [5.41, 5.74) is 10.7. The fraction of sp³-hybridized carbons (Fsp3) is 0.167. The van der Waals surface area contributed by atoms with Gasteiger partial charge in [0.15, 0.2) is 11.5 Å². The van der Waals surface area contributed by atoms with E-state index in [1.807, 2.05) is 0 Å². The van der Waals surface area contributed by atoms with E-state index in [1.165, 1.54) is 19.2 Å². The third kappa shape index (κ3) is 3.75. The predicted octanol–water partition coefficient (Wildman–Crippen LogP) is 3.34. The second kappa shape index (κ2) is 7.22. The van der Waals surface area contributed by atoms with Crippen LogP contribution in [-0.2, 0) is 6.54 Å². The van der Waals surface area contributed by atoms with E-state index in [0.717, 1.165) is 5.01 Å². The van der Waals surface area contributed by atoms with Crippen molar-refractivity contribution in [1.29, 1.82) is 5.41 Å². The fourth-order valence-corrected chi connectivity index (χ4v) is 2.62. The van der Waals surface area contributed by atoms with Gasteiger partial charge in [-0.05, 0) is 11.6 Å². The molecular weight excluding hydrogens is 373 g/mol. The number of halogens is 3. The minimum absolute atomic E-state index is 0.00118. The molecular formula is C18H17F3N6O. The molecule has 0 saturated carbocycles. The molecule has 0 aromatic heterocycles. The summed E-state index contributed by atoms with van der Waals surface area (Å²) >= 11 is 0. The number of aliphatic imine (C=N–C) groups is 1. The largest absolute Gasteiger partial charge is 0.495 e. The first-order chi connectivity index (χ1) is 13.2. The lowest BCUT2D eigenvalue weighted by molar-refractivity contribution is -0.0571. The number of hydrogen-bond acceptors (Lipinski definition) is 6. The first-order valence-electron chi connectivity index (χ1n) is 8.09. The number of alkyl halides is 3. The Morgan fingerprint density at radius 3 is 2.43 bits per heavy atom. The van der Waals surface area contributed by atoms with Crippen LogP contribution in [0.1, 0.15) is 5.56 Å². The number of nitrogens with two attached hydrogens (primary N) is 2. The van der Waals surface area contributed by atoms with Crippen LogP contribution in [0.4, 0.5) is 30.2 Å². The number of ether oxygens (including phenoxy) is 1. The van der Waals surface area contributed by atoms with Crippen molar-refractivity contribution in [3.05, 3.63) is 48.0 Å². The Morgan fingerprint density at radius 1 is 1.14 bits per heavy atom. The summed E-state index contributed by atoms with van der Waals surface area (Å²) in [6, 6.07) is 11.4. The van der Waals surface area contributed by atoms with Crippen molar-refractivity contribution in [3.63, 3.8) is 0 Å². The topological polar surface area (TPSA) is 113 Å². The van der Waals surface area contributed by atoms with Crippen LogP contribution in [0.25, 0.3) is 0 Å². The highest BCUT2D eigenvalue weighted by atomic mass is 19.4. The lowest BCUT2D eigenvalue weighted by Crippen LogP contribution is -2.33. The first-order valence-corrected chi connectivity index (χ1v) is 8.09. The quantitative estimate of drug-likeness (QED) is 0.695. The van der Waals surface area contributed by atoms with Gasteiger partial charge in [0.2, 0.25) is 0 Å². The number of hydrogen-bond donors (Lipinski definition) is 3. The maximum Gasteiger partial charge on any atom is 0.437 e. The van der Waals surface area contributed by atoms with E-state index in [2.05, 4.69) is 10.1 Å². The molecule has 1 aliphatic rings. The van der Waals surface area contributed by atoms with E-state index in [1.54, 1.807) is 30.3 Å². The van der Waals surface area contributed by atoms with Gasteiger partial charge in [-0.1, -0.05) is 30.3 Å². The summed E-state index contributed by atoms with van der Waals surface area (Å²) < 4.78 is 45.6. The lowest BCUT2D eigenvalue weighted by atomic mass is 10.1. The number of methoxy groups -OCH3 is 1. The van der Waals surface area contributed by atoms with Crippen molar-refractivity contribution in [2.45, 2.75) is 12.7 Å². The maximum absolute atomic E-state index is 13.5. The van der Waals surface area contributed by atoms with Crippen molar-refractivity contribution in [2.24, 2.45) is 10.1 Å². The van der Waals surface area contributed by atoms with Gasteiger partial charge in [0, 0.05) is 6.07 Å². The molecule has 0 fully saturated rings. The highest BCUT2D eigenvalue weighted by Crippen LogP contribution is 2.34. The number of benzene rings is 2. The van der Waals surface area contributed by atoms with Crippen molar-refractivity contribution in [1.82, 2.24) is 5.01 Å². The fourth-order valence-electron chi connectivity index (χ4n) is 2.62. The Labute approximate surface area is 158 Å². The average molecular weight is 390 g/mol. The minimum Gasteiger partial charge on any atom is -0.495 e. The monoisotopic (exact) mass is 390 g/mol. The van der Waals surface area contributed by atoms with Gasteiger partial charge >= 0.3 is 6.18 Å². The summed E-state index contributed by atoms with van der Waals surface area (Å²) in [5, 5.41) is 12.7. The molecule has 28 heavy (non-hydrogen) atoms. The van der Waals surface area contributed by atoms with Crippen LogP contribution in [0.2, 0.25) is 0 Å². The van der Waals surface area contributed by atoms with Gasteiger partial charge in [-0.2, -0.15) is 18.3 Å². The number of anilines is 2. The molecule has 1 heterocycles. The van der Waals surface area contributed by atoms with Crippen molar-refractivity contribution < 1.29 is 17.9 Å². The molecule has 0 saturated heterocycles. The summed E-state index contributed by atoms with van der Waals surface area (Å²) in [6.45, 7) is -0.00118. The van der Waals surface area contributed by atoms with E-state index in [-0.39, 0.29) is 29.4 Å². The van der Waals surface area contributed by atoms with Gasteiger partial charge in [0.25, 0.3) is 0 Å². The van der Waals surface area contributed by atoms with Gasteiger partial charge in [-0.25, -0.2) is 10.0 Å². The number of amidine groups is 1. The third-order valence-corrected chi connectivity index (χ3v) is 3.98. The highest BCUT2D eigenvalue weighted by molar-refractivity contribution is 6.70. The van der Waals surface area contributed by atoms with Gasteiger partial charge in [0.05, 0.1) is 30.7 Å². The van der Waals surface area contributed by atoms with Crippen LogP contribution >= 0.6 is 0 Å². The van der Waals surface area contributed by atoms with E-state index in [4.69, 9.17) is 21.6 Å². The molecule has 2 aromatic rings. The SMILES string of the molecule is COc1cc(N=C2C(=N)N(Cc3ccccc3)N=C2C(F)(F)F)c(N)cc1N. The highest BCUT2D eigenvalue weighted by Gasteiger charge is 2.46. The molecule has 5 N–H and O–H groups in total. The molecule has 0 unspecified atom stereocenters. The van der Waals surface area contributed by atoms with Crippen LogP contribution in [-0.4, -0.2) is 35.6 Å². The van der Waals surface area contributed by atoms with Gasteiger partial charge in [0.1, 0.15) is 11.5 Å². The number of nitrogens with zero attached hydrogens (tertiary/aromatic N) is 3. The van der Waals surface area contributed by atoms with E-state index in [9.17, 15) is 13.2 Å². The summed E-state index contributed by atoms with van der Waals surface area (Å²) in [5.74, 6) is -0.268. The van der Waals surface area contributed by atoms with Gasteiger partial charge in [-0.3, -0.25) is 5.41 Å². The van der Waals surface area contributed by atoms with Crippen molar-refractivity contribution in [3.8, 4) is 5.75 Å². The summed E-state index contributed by atoms with van der Waals surface area (Å²) in [6.07, 6.45) is -4.79. The van der Waals surface area contributed by atoms with Crippen molar-refractivity contribution >= 4 is 34.3 Å². The van der Waals surface area contributed by atoms with Crippen LogP contribution in [0.15, 0.2) is 52.6 Å². The molecule has 0 spiro atoms. The van der Waals surface area contributed by atoms with Gasteiger partial charge in [-0.15, -0.1) is 0 Å². The van der Waals surface area contributed by atoms with E-state index in [0.29, 0.717) is 5.56 Å². The predicted molar refractivity (Wildman–Crippen MR) is 102 cm³/mol. The Kier molecular flexibility index (Phi) is 4.95. The van der Waals surface area contributed by atoms with Crippen LogP contribution in [0.3, 0.4) is 0 Å². The van der Waals surface area contributed by atoms with E-state index < -0.39 is 23.4 Å². The number of hydrazone groups is 1. The average Bonchev–Trinajstić information content (AvgIpc) is 2.94.